The number of fused-ring (bicyclic) bond motifs is 1. The minimum atomic E-state index is -0.316. The maximum absolute atomic E-state index is 12.9. The first kappa shape index (κ1) is 17.2. The smallest absolute Gasteiger partial charge is 0.245 e. The van der Waals surface area contributed by atoms with Crippen LogP contribution in [-0.4, -0.2) is 34.3 Å². The molecule has 0 aliphatic carbocycles. The van der Waals surface area contributed by atoms with Crippen molar-refractivity contribution >= 4 is 46.1 Å². The van der Waals surface area contributed by atoms with Gasteiger partial charge in [-0.2, -0.15) is 5.10 Å². The lowest BCUT2D eigenvalue weighted by molar-refractivity contribution is -0.120. The fourth-order valence-corrected chi connectivity index (χ4v) is 3.63. The molecular weight excluding hydrogens is 362 g/mol. The summed E-state index contributed by atoms with van der Waals surface area (Å²) >= 11 is 1.54. The van der Waals surface area contributed by atoms with Gasteiger partial charge in [-0.15, -0.1) is 11.3 Å². The zero-order valence-corrected chi connectivity index (χ0v) is 15.4. The number of aliphatic imine (C=N–C) groups is 1. The number of H-pyrrole nitrogens is 1. The van der Waals surface area contributed by atoms with Crippen molar-refractivity contribution in [2.45, 2.75) is 13.3 Å². The molecule has 2 amide bonds. The maximum Gasteiger partial charge on any atom is 0.245 e. The first-order chi connectivity index (χ1) is 13.1. The van der Waals surface area contributed by atoms with Crippen LogP contribution in [0.15, 0.2) is 52.8 Å². The number of aromatic amines is 1. The van der Waals surface area contributed by atoms with E-state index < -0.39 is 0 Å². The number of rotatable bonds is 4. The van der Waals surface area contributed by atoms with Crippen LogP contribution in [0.2, 0.25) is 0 Å². The Morgan fingerprint density at radius 1 is 1.30 bits per heavy atom. The van der Waals surface area contributed by atoms with Gasteiger partial charge >= 0.3 is 0 Å². The highest BCUT2D eigenvalue weighted by Gasteiger charge is 2.27. The predicted molar refractivity (Wildman–Crippen MR) is 106 cm³/mol. The van der Waals surface area contributed by atoms with E-state index in [1.165, 1.54) is 4.90 Å². The number of thiophene rings is 1. The molecule has 27 heavy (non-hydrogen) atoms. The van der Waals surface area contributed by atoms with Crippen LogP contribution >= 0.6 is 11.3 Å². The summed E-state index contributed by atoms with van der Waals surface area (Å²) in [5.74, 6) is -0.0479. The first-order valence-corrected chi connectivity index (χ1v) is 9.31. The van der Waals surface area contributed by atoms with E-state index in [2.05, 4.69) is 15.5 Å². The molecule has 1 aromatic carbocycles. The molecule has 0 unspecified atom stereocenters. The average molecular weight is 379 g/mol. The van der Waals surface area contributed by atoms with E-state index in [9.17, 15) is 9.59 Å². The van der Waals surface area contributed by atoms with Crippen LogP contribution < -0.4 is 10.2 Å². The van der Waals surface area contributed by atoms with Gasteiger partial charge in [-0.3, -0.25) is 14.7 Å². The van der Waals surface area contributed by atoms with E-state index >= 15 is 0 Å². The predicted octanol–water partition coefficient (Wildman–Crippen LogP) is 3.28. The average Bonchev–Trinajstić information content (AvgIpc) is 3.29. The lowest BCUT2D eigenvalue weighted by Crippen LogP contribution is -2.38. The number of anilines is 2. The molecule has 1 aliphatic heterocycles. The molecule has 8 heteroatoms. The zero-order chi connectivity index (χ0) is 18.8. The number of benzene rings is 1. The van der Waals surface area contributed by atoms with Crippen LogP contribution in [0.25, 0.3) is 0 Å². The highest BCUT2D eigenvalue weighted by Crippen LogP contribution is 2.33. The van der Waals surface area contributed by atoms with Gasteiger partial charge in [-0.1, -0.05) is 18.2 Å². The molecule has 2 aromatic heterocycles. The molecule has 0 spiro atoms. The molecule has 4 rings (SSSR count). The summed E-state index contributed by atoms with van der Waals surface area (Å²) < 4.78 is 0. The topological polar surface area (TPSA) is 90.4 Å². The van der Waals surface area contributed by atoms with Crippen LogP contribution in [0.4, 0.5) is 17.2 Å². The van der Waals surface area contributed by atoms with Crippen molar-refractivity contribution in [3.8, 4) is 0 Å². The molecular formula is C19H17N5O2S. The second-order valence-electron chi connectivity index (χ2n) is 6.17. The number of amides is 2. The Bertz CT molecular complexity index is 1020. The van der Waals surface area contributed by atoms with Crippen LogP contribution in [0.1, 0.15) is 17.0 Å². The van der Waals surface area contributed by atoms with Crippen LogP contribution in [-0.2, 0) is 9.59 Å². The Balaban J connectivity index is 1.61. The number of nitrogens with zero attached hydrogens (tertiary/aromatic N) is 3. The van der Waals surface area contributed by atoms with Gasteiger partial charge < -0.3 is 10.2 Å². The lowest BCUT2D eigenvalue weighted by Gasteiger charge is -2.21. The normalized spacial score (nSPS) is 13.7. The largest absolute Gasteiger partial charge is 0.308 e. The number of aryl methyl sites for hydroxylation is 1. The summed E-state index contributed by atoms with van der Waals surface area (Å²) in [6.07, 6.45) is 0.143. The van der Waals surface area contributed by atoms with Gasteiger partial charge in [0, 0.05) is 16.6 Å². The number of hydrogen-bond acceptors (Lipinski definition) is 5. The summed E-state index contributed by atoms with van der Waals surface area (Å²) in [7, 11) is 0. The Morgan fingerprint density at radius 2 is 2.15 bits per heavy atom. The van der Waals surface area contributed by atoms with Gasteiger partial charge in [0.1, 0.15) is 6.54 Å². The minimum absolute atomic E-state index is 0.102. The molecule has 3 aromatic rings. The van der Waals surface area contributed by atoms with E-state index in [4.69, 9.17) is 4.99 Å². The lowest BCUT2D eigenvalue weighted by atomic mass is 10.2. The highest BCUT2D eigenvalue weighted by atomic mass is 32.1. The third-order valence-corrected chi connectivity index (χ3v) is 5.05. The summed E-state index contributed by atoms with van der Waals surface area (Å²) in [5, 5.41) is 11.4. The van der Waals surface area contributed by atoms with E-state index in [0.717, 1.165) is 10.6 Å². The molecule has 0 bridgehead atoms. The number of carbonyl (C=O) groups is 2. The molecule has 3 heterocycles. The van der Waals surface area contributed by atoms with Crippen molar-refractivity contribution in [2.24, 2.45) is 4.99 Å². The number of carbonyl (C=O) groups excluding carboxylic acids is 2. The number of para-hydroxylation sites is 2. The summed E-state index contributed by atoms with van der Waals surface area (Å²) in [6.45, 7) is 1.75. The number of hydrogen-bond donors (Lipinski definition) is 2. The van der Waals surface area contributed by atoms with Gasteiger partial charge in [0.25, 0.3) is 0 Å². The van der Waals surface area contributed by atoms with E-state index in [1.807, 2.05) is 42.6 Å². The fourth-order valence-electron chi connectivity index (χ4n) is 2.91. The first-order valence-electron chi connectivity index (χ1n) is 8.43. The summed E-state index contributed by atoms with van der Waals surface area (Å²) in [4.78, 5) is 32.5. The second kappa shape index (κ2) is 7.16. The molecule has 0 saturated heterocycles. The molecule has 7 nitrogen and oxygen atoms in total. The molecule has 136 valence electrons. The second-order valence-corrected chi connectivity index (χ2v) is 7.11. The number of aromatic nitrogens is 2. The summed E-state index contributed by atoms with van der Waals surface area (Å²) in [6, 6.07) is 13.0. The van der Waals surface area contributed by atoms with Gasteiger partial charge in [0.05, 0.1) is 23.5 Å². The quantitative estimate of drug-likeness (QED) is 0.729. The van der Waals surface area contributed by atoms with E-state index in [0.29, 0.717) is 22.9 Å². The van der Waals surface area contributed by atoms with Crippen molar-refractivity contribution < 1.29 is 9.59 Å². The van der Waals surface area contributed by atoms with Gasteiger partial charge in [-0.05, 0) is 30.5 Å². The molecule has 0 fully saturated rings. The third-order valence-electron chi connectivity index (χ3n) is 4.13. The Labute approximate surface area is 159 Å². The molecule has 0 saturated carbocycles. The Hall–Kier alpha value is -3.26. The van der Waals surface area contributed by atoms with Crippen molar-refractivity contribution in [3.05, 3.63) is 58.4 Å². The molecule has 0 atom stereocenters. The zero-order valence-electron chi connectivity index (χ0n) is 14.6. The Morgan fingerprint density at radius 3 is 2.89 bits per heavy atom. The van der Waals surface area contributed by atoms with Crippen molar-refractivity contribution in [2.75, 3.05) is 16.8 Å². The molecule has 0 radical (unpaired) electrons. The fraction of sp³-hybridized carbons (Fsp3) is 0.158. The van der Waals surface area contributed by atoms with Gasteiger partial charge in [-0.25, -0.2) is 4.99 Å². The molecule has 2 N–H and O–H groups in total. The van der Waals surface area contributed by atoms with Crippen molar-refractivity contribution in [1.82, 2.24) is 10.2 Å². The summed E-state index contributed by atoms with van der Waals surface area (Å²) in [5.41, 5.74) is 2.86. The van der Waals surface area contributed by atoms with Crippen molar-refractivity contribution in [1.29, 1.82) is 0 Å². The van der Waals surface area contributed by atoms with Crippen LogP contribution in [0.5, 0.6) is 0 Å². The van der Waals surface area contributed by atoms with Gasteiger partial charge in [0.2, 0.25) is 11.8 Å². The minimum Gasteiger partial charge on any atom is -0.308 e. The molecule has 1 aliphatic rings. The monoisotopic (exact) mass is 379 g/mol. The van der Waals surface area contributed by atoms with Crippen molar-refractivity contribution in [3.63, 3.8) is 0 Å². The van der Waals surface area contributed by atoms with Crippen LogP contribution in [0, 0.1) is 6.92 Å². The third kappa shape index (κ3) is 3.65. The standard InChI is InChI=1S/C19H17N5O2S/c1-12-9-17(23-22-12)21-18(25)11-24-15-6-3-2-5-13(15)20-14(10-19(24)26)16-7-4-8-27-16/h2-9H,10-11H2,1H3,(H2,21,22,23,25). The highest BCUT2D eigenvalue weighted by molar-refractivity contribution is 7.12. The number of nitrogens with one attached hydrogen (secondary N) is 2. The Kier molecular flexibility index (Phi) is 4.55. The van der Waals surface area contributed by atoms with Crippen LogP contribution in [0.3, 0.4) is 0 Å². The van der Waals surface area contributed by atoms with Gasteiger partial charge in [0.15, 0.2) is 5.82 Å². The maximum atomic E-state index is 12.9. The van der Waals surface area contributed by atoms with E-state index in [-0.39, 0.29) is 24.8 Å². The SMILES string of the molecule is Cc1cc(NC(=O)CN2C(=O)CC(c3cccs3)=Nc3ccccc32)n[nH]1. The van der Waals surface area contributed by atoms with E-state index in [1.54, 1.807) is 23.5 Å².